The Morgan fingerprint density at radius 3 is 2.54 bits per heavy atom. The molecule has 0 radical (unpaired) electrons. The molecular formula is C18H21F3N2S. The Hall–Kier alpha value is -1.56. The van der Waals surface area contributed by atoms with Crippen molar-refractivity contribution in [3.8, 4) is 11.3 Å². The fraction of sp³-hybridized carbons (Fsp3) is 0.500. The van der Waals surface area contributed by atoms with Crippen LogP contribution in [0.4, 0.5) is 18.9 Å². The molecule has 2 aromatic rings. The minimum Gasteiger partial charge on any atom is -0.371 e. The molecule has 2 nitrogen and oxygen atoms in total. The smallest absolute Gasteiger partial charge is 0.371 e. The second-order valence-corrected chi connectivity index (χ2v) is 7.47. The molecule has 0 atom stereocenters. The van der Waals surface area contributed by atoms with Crippen LogP contribution in [0.25, 0.3) is 11.3 Å². The van der Waals surface area contributed by atoms with Gasteiger partial charge < -0.3 is 4.90 Å². The maximum absolute atomic E-state index is 13.6. The lowest BCUT2D eigenvalue weighted by Crippen LogP contribution is -2.22. The second-order valence-electron chi connectivity index (χ2n) is 6.18. The molecule has 0 aliphatic carbocycles. The largest absolute Gasteiger partial charge is 0.418 e. The number of hydrogen-bond acceptors (Lipinski definition) is 3. The van der Waals surface area contributed by atoms with Crippen molar-refractivity contribution in [2.24, 2.45) is 0 Å². The Morgan fingerprint density at radius 2 is 1.92 bits per heavy atom. The van der Waals surface area contributed by atoms with Crippen molar-refractivity contribution < 1.29 is 13.2 Å². The van der Waals surface area contributed by atoms with Gasteiger partial charge in [-0.15, -0.1) is 11.3 Å². The first kappa shape index (κ1) is 17.3. The second kappa shape index (κ2) is 6.75. The van der Waals surface area contributed by atoms with Crippen LogP contribution in [-0.2, 0) is 12.6 Å². The molecule has 6 heteroatoms. The first-order valence-electron chi connectivity index (χ1n) is 8.33. The molecule has 1 saturated heterocycles. The van der Waals surface area contributed by atoms with E-state index in [2.05, 4.69) is 11.9 Å². The van der Waals surface area contributed by atoms with Gasteiger partial charge in [0.25, 0.3) is 0 Å². The zero-order valence-electron chi connectivity index (χ0n) is 13.9. The first-order valence-corrected chi connectivity index (χ1v) is 9.14. The van der Waals surface area contributed by atoms with Crippen LogP contribution < -0.4 is 4.90 Å². The quantitative estimate of drug-likeness (QED) is 0.701. The van der Waals surface area contributed by atoms with Crippen LogP contribution in [0.15, 0.2) is 18.2 Å². The van der Waals surface area contributed by atoms with Crippen molar-refractivity contribution in [3.63, 3.8) is 0 Å². The zero-order valence-corrected chi connectivity index (χ0v) is 14.7. The number of halogens is 3. The normalized spacial score (nSPS) is 15.3. The van der Waals surface area contributed by atoms with Gasteiger partial charge in [0.2, 0.25) is 0 Å². The molecular weight excluding hydrogens is 333 g/mol. The van der Waals surface area contributed by atoms with Crippen LogP contribution in [0.1, 0.15) is 41.6 Å². The van der Waals surface area contributed by atoms with E-state index in [0.717, 1.165) is 35.6 Å². The first-order chi connectivity index (χ1) is 11.4. The Balaban J connectivity index is 2.07. The van der Waals surface area contributed by atoms with Gasteiger partial charge in [0, 0.05) is 29.2 Å². The van der Waals surface area contributed by atoms with Gasteiger partial charge in [0.1, 0.15) is 0 Å². The molecule has 130 valence electrons. The maximum Gasteiger partial charge on any atom is 0.418 e. The van der Waals surface area contributed by atoms with E-state index in [1.54, 1.807) is 23.5 Å². The van der Waals surface area contributed by atoms with E-state index in [1.807, 2.05) is 11.8 Å². The summed E-state index contributed by atoms with van der Waals surface area (Å²) in [6.07, 6.45) is -0.664. The molecule has 1 aliphatic rings. The van der Waals surface area contributed by atoms with Crippen molar-refractivity contribution in [3.05, 3.63) is 33.6 Å². The Morgan fingerprint density at radius 1 is 1.21 bits per heavy atom. The van der Waals surface area contributed by atoms with Crippen molar-refractivity contribution in [1.29, 1.82) is 0 Å². The summed E-state index contributed by atoms with van der Waals surface area (Å²) in [5.41, 5.74) is 1.03. The monoisotopic (exact) mass is 354 g/mol. The summed E-state index contributed by atoms with van der Waals surface area (Å²) in [7, 11) is 0. The molecule has 0 saturated carbocycles. The summed E-state index contributed by atoms with van der Waals surface area (Å²) in [6, 6.07) is 4.69. The summed E-state index contributed by atoms with van der Waals surface area (Å²) >= 11 is 1.57. The van der Waals surface area contributed by atoms with Crippen LogP contribution in [0.5, 0.6) is 0 Å². The summed E-state index contributed by atoms with van der Waals surface area (Å²) in [4.78, 5) is 7.39. The van der Waals surface area contributed by atoms with E-state index in [4.69, 9.17) is 0 Å². The number of hydrogen-bond donors (Lipinski definition) is 0. The van der Waals surface area contributed by atoms with Gasteiger partial charge in [0.15, 0.2) is 0 Å². The summed E-state index contributed by atoms with van der Waals surface area (Å²) < 4.78 is 40.8. The molecule has 0 amide bonds. The summed E-state index contributed by atoms with van der Waals surface area (Å²) in [5.74, 6) is 0. The third-order valence-electron chi connectivity index (χ3n) is 4.30. The summed E-state index contributed by atoms with van der Waals surface area (Å²) in [5, 5.41) is 0.894. The van der Waals surface area contributed by atoms with Crippen LogP contribution in [0.3, 0.4) is 0 Å². The van der Waals surface area contributed by atoms with Crippen LogP contribution in [-0.4, -0.2) is 18.1 Å². The zero-order chi connectivity index (χ0) is 17.3. The third kappa shape index (κ3) is 3.43. The van der Waals surface area contributed by atoms with Gasteiger partial charge in [-0.05, 0) is 38.3 Å². The van der Waals surface area contributed by atoms with E-state index in [0.29, 0.717) is 30.0 Å². The number of aryl methyl sites for hydroxylation is 2. The lowest BCUT2D eigenvalue weighted by molar-refractivity contribution is -0.137. The van der Waals surface area contributed by atoms with E-state index < -0.39 is 11.7 Å². The number of alkyl halides is 3. The number of nitrogens with zero attached hydrogens (tertiary/aromatic N) is 2. The Bertz CT molecular complexity index is 716. The minimum absolute atomic E-state index is 0.299. The van der Waals surface area contributed by atoms with Crippen LogP contribution in [0, 0.1) is 6.92 Å². The SMILES string of the molecule is CCCc1sc(C)nc1-c1ccc(N2CCCC2)c(C(F)(F)F)c1. The molecule has 24 heavy (non-hydrogen) atoms. The molecule has 0 unspecified atom stereocenters. The molecule has 0 N–H and O–H groups in total. The van der Waals surface area contributed by atoms with E-state index in [9.17, 15) is 13.2 Å². The average molecular weight is 354 g/mol. The fourth-order valence-electron chi connectivity index (χ4n) is 3.24. The van der Waals surface area contributed by atoms with E-state index in [1.165, 1.54) is 6.07 Å². The number of rotatable bonds is 4. The van der Waals surface area contributed by atoms with Gasteiger partial charge in [-0.1, -0.05) is 19.4 Å². The molecule has 3 rings (SSSR count). The highest BCUT2D eigenvalue weighted by Gasteiger charge is 2.36. The highest BCUT2D eigenvalue weighted by Crippen LogP contribution is 2.41. The number of thiazole rings is 1. The van der Waals surface area contributed by atoms with Gasteiger partial charge in [-0.25, -0.2) is 4.98 Å². The molecule has 1 aliphatic heterocycles. The highest BCUT2D eigenvalue weighted by molar-refractivity contribution is 7.12. The van der Waals surface area contributed by atoms with E-state index >= 15 is 0 Å². The topological polar surface area (TPSA) is 16.1 Å². The molecule has 2 heterocycles. The van der Waals surface area contributed by atoms with Gasteiger partial charge in [0.05, 0.1) is 16.3 Å². The predicted octanol–water partition coefficient (Wildman–Crippen LogP) is 5.69. The van der Waals surface area contributed by atoms with E-state index in [-0.39, 0.29) is 0 Å². The lowest BCUT2D eigenvalue weighted by Gasteiger charge is -2.23. The lowest BCUT2D eigenvalue weighted by atomic mass is 10.0. The predicted molar refractivity (Wildman–Crippen MR) is 92.7 cm³/mol. The van der Waals surface area contributed by atoms with Gasteiger partial charge in [-0.3, -0.25) is 0 Å². The summed E-state index contributed by atoms with van der Waals surface area (Å²) in [6.45, 7) is 5.35. The minimum atomic E-state index is -4.36. The molecule has 1 aromatic carbocycles. The molecule has 1 fully saturated rings. The maximum atomic E-state index is 13.6. The van der Waals surface area contributed by atoms with Crippen molar-refractivity contribution in [2.45, 2.75) is 45.7 Å². The van der Waals surface area contributed by atoms with Gasteiger partial charge in [-0.2, -0.15) is 13.2 Å². The van der Waals surface area contributed by atoms with Crippen molar-refractivity contribution in [2.75, 3.05) is 18.0 Å². The molecule has 1 aromatic heterocycles. The third-order valence-corrected chi connectivity index (χ3v) is 5.33. The number of aromatic nitrogens is 1. The number of anilines is 1. The average Bonchev–Trinajstić information content (AvgIpc) is 3.16. The molecule has 0 bridgehead atoms. The van der Waals surface area contributed by atoms with Crippen molar-refractivity contribution >= 4 is 17.0 Å². The highest BCUT2D eigenvalue weighted by atomic mass is 32.1. The van der Waals surface area contributed by atoms with Crippen molar-refractivity contribution in [1.82, 2.24) is 4.98 Å². The van der Waals surface area contributed by atoms with Gasteiger partial charge >= 0.3 is 6.18 Å². The van der Waals surface area contributed by atoms with Crippen LogP contribution >= 0.6 is 11.3 Å². The Labute approximate surface area is 144 Å². The molecule has 0 spiro atoms. The Kier molecular flexibility index (Phi) is 4.85. The standard InChI is InChI=1S/C18H21F3N2S/c1-3-6-16-17(22-12(2)24-16)13-7-8-15(23-9-4-5-10-23)14(11-13)18(19,20)21/h7-8,11H,3-6,9-10H2,1-2H3. The fourth-order valence-corrected chi connectivity index (χ4v) is 4.30. The van der Waals surface area contributed by atoms with Crippen LogP contribution in [0.2, 0.25) is 0 Å². The number of benzene rings is 1.